The average Bonchev–Trinajstić information content (AvgIpc) is 2.03. The molecule has 0 aromatic carbocycles. The van der Waals surface area contributed by atoms with E-state index in [1.807, 2.05) is 0 Å². The van der Waals surface area contributed by atoms with Gasteiger partial charge in [0.05, 0.1) is 6.08 Å². The molecule has 1 heterocycles. The van der Waals surface area contributed by atoms with E-state index in [1.165, 1.54) is 0 Å². The lowest BCUT2D eigenvalue weighted by molar-refractivity contribution is -0.0831. The molecule has 0 aromatic rings. The van der Waals surface area contributed by atoms with Gasteiger partial charge in [-0.3, -0.25) is 0 Å². The van der Waals surface area contributed by atoms with Crippen molar-refractivity contribution in [3.8, 4) is 0 Å². The van der Waals surface area contributed by atoms with Gasteiger partial charge in [0.15, 0.2) is 5.95 Å². The van der Waals surface area contributed by atoms with Gasteiger partial charge < -0.3 is 4.90 Å². The average molecular weight is 197 g/mol. The van der Waals surface area contributed by atoms with Crippen molar-refractivity contribution in [1.29, 1.82) is 0 Å². The van der Waals surface area contributed by atoms with Crippen LogP contribution in [0.3, 0.4) is 0 Å². The molecule has 76 valence electrons. The van der Waals surface area contributed by atoms with Gasteiger partial charge in [-0.15, -0.1) is 0 Å². The molecule has 5 heteroatoms. The monoisotopic (exact) mass is 197 g/mol. The van der Waals surface area contributed by atoms with Crippen LogP contribution in [0, 0.1) is 0 Å². The van der Waals surface area contributed by atoms with Crippen molar-refractivity contribution in [2.45, 2.75) is 25.4 Å². The van der Waals surface area contributed by atoms with Crippen LogP contribution in [0.2, 0.25) is 0 Å². The lowest BCUT2D eigenvalue weighted by atomic mass is 10.1. The Kier molecular flexibility index (Phi) is 3.17. The van der Waals surface area contributed by atoms with Crippen molar-refractivity contribution in [2.24, 2.45) is 0 Å². The third-order valence-corrected chi connectivity index (χ3v) is 1.94. The summed E-state index contributed by atoms with van der Waals surface area (Å²) < 4.78 is 48.0. The van der Waals surface area contributed by atoms with Crippen molar-refractivity contribution >= 4 is 0 Å². The molecule has 1 nitrogen and oxygen atoms in total. The molecular weight excluding hydrogens is 186 g/mol. The Labute approximate surface area is 74.0 Å². The minimum atomic E-state index is -4.55. The van der Waals surface area contributed by atoms with Gasteiger partial charge in [-0.05, 0) is 19.3 Å². The first kappa shape index (κ1) is 10.3. The molecule has 0 spiro atoms. The van der Waals surface area contributed by atoms with Crippen LogP contribution in [-0.2, 0) is 0 Å². The number of alkyl halides is 3. The van der Waals surface area contributed by atoms with Gasteiger partial charge in [0.25, 0.3) is 0 Å². The zero-order valence-electron chi connectivity index (χ0n) is 7.07. The highest BCUT2D eigenvalue weighted by atomic mass is 19.4. The molecule has 0 amide bonds. The van der Waals surface area contributed by atoms with E-state index in [0.29, 0.717) is 13.1 Å². The number of halogens is 4. The number of piperidine rings is 1. The first-order valence-corrected chi connectivity index (χ1v) is 4.19. The maximum absolute atomic E-state index is 12.9. The van der Waals surface area contributed by atoms with E-state index in [-0.39, 0.29) is 6.08 Å². The number of allylic oxidation sites excluding steroid dienone is 1. The van der Waals surface area contributed by atoms with Gasteiger partial charge in [0.1, 0.15) is 0 Å². The van der Waals surface area contributed by atoms with Crippen LogP contribution in [0.5, 0.6) is 0 Å². The highest BCUT2D eigenvalue weighted by Gasteiger charge is 2.27. The Morgan fingerprint density at radius 2 is 1.62 bits per heavy atom. The topological polar surface area (TPSA) is 3.24 Å². The summed E-state index contributed by atoms with van der Waals surface area (Å²) in [5.74, 6) is -1.16. The fourth-order valence-electron chi connectivity index (χ4n) is 1.33. The molecule has 0 aliphatic carbocycles. The number of rotatable bonds is 1. The van der Waals surface area contributed by atoms with Gasteiger partial charge in [0, 0.05) is 13.1 Å². The molecule has 0 aromatic heterocycles. The SMILES string of the molecule is F/C(=C\C(F)(F)F)N1CCCCC1. The van der Waals surface area contributed by atoms with E-state index in [9.17, 15) is 17.6 Å². The van der Waals surface area contributed by atoms with Crippen LogP contribution in [0.15, 0.2) is 12.0 Å². The second-order valence-corrected chi connectivity index (χ2v) is 3.06. The Morgan fingerprint density at radius 3 is 2.08 bits per heavy atom. The van der Waals surface area contributed by atoms with Crippen LogP contribution < -0.4 is 0 Å². The van der Waals surface area contributed by atoms with Crippen LogP contribution in [0.4, 0.5) is 17.6 Å². The zero-order chi connectivity index (χ0) is 9.90. The second-order valence-electron chi connectivity index (χ2n) is 3.06. The maximum Gasteiger partial charge on any atom is 0.414 e. The minimum absolute atomic E-state index is 0.279. The van der Waals surface area contributed by atoms with Crippen molar-refractivity contribution in [2.75, 3.05) is 13.1 Å². The maximum atomic E-state index is 12.9. The third kappa shape index (κ3) is 3.65. The first-order valence-electron chi connectivity index (χ1n) is 4.19. The molecule has 1 aliphatic rings. The summed E-state index contributed by atoms with van der Waals surface area (Å²) in [6.07, 6.45) is -2.34. The molecule has 0 radical (unpaired) electrons. The smallest absolute Gasteiger partial charge is 0.349 e. The molecule has 13 heavy (non-hydrogen) atoms. The summed E-state index contributed by atoms with van der Waals surface area (Å²) in [6, 6.07) is 0. The lowest BCUT2D eigenvalue weighted by Crippen LogP contribution is -2.28. The third-order valence-electron chi connectivity index (χ3n) is 1.94. The normalized spacial score (nSPS) is 20.6. The number of likely N-dealkylation sites (tertiary alicyclic amines) is 1. The number of nitrogens with zero attached hydrogens (tertiary/aromatic N) is 1. The van der Waals surface area contributed by atoms with Crippen LogP contribution in [0.1, 0.15) is 19.3 Å². The summed E-state index contributed by atoms with van der Waals surface area (Å²) in [6.45, 7) is 0.775. The molecule has 1 aliphatic heterocycles. The van der Waals surface area contributed by atoms with E-state index in [0.717, 1.165) is 24.2 Å². The van der Waals surface area contributed by atoms with E-state index in [1.54, 1.807) is 0 Å². The molecule has 1 rings (SSSR count). The fourth-order valence-corrected chi connectivity index (χ4v) is 1.33. The largest absolute Gasteiger partial charge is 0.414 e. The zero-order valence-corrected chi connectivity index (χ0v) is 7.07. The molecule has 1 saturated heterocycles. The molecule has 0 unspecified atom stereocenters. The van der Waals surface area contributed by atoms with Gasteiger partial charge >= 0.3 is 6.18 Å². The molecular formula is C8H11F4N. The van der Waals surface area contributed by atoms with E-state index in [2.05, 4.69) is 0 Å². The van der Waals surface area contributed by atoms with Gasteiger partial charge in [-0.1, -0.05) is 0 Å². The predicted molar refractivity (Wildman–Crippen MR) is 40.7 cm³/mol. The molecule has 0 N–H and O–H groups in total. The van der Waals surface area contributed by atoms with Gasteiger partial charge in [0.2, 0.25) is 0 Å². The van der Waals surface area contributed by atoms with Crippen molar-refractivity contribution in [3.05, 3.63) is 12.0 Å². The van der Waals surface area contributed by atoms with E-state index in [4.69, 9.17) is 0 Å². The summed E-state index contributed by atoms with van der Waals surface area (Å²) in [4.78, 5) is 1.14. The fraction of sp³-hybridized carbons (Fsp3) is 0.750. The lowest BCUT2D eigenvalue weighted by Gasteiger charge is -2.26. The standard InChI is InChI=1S/C8H11F4N/c9-7(6-8(10,11)12)13-4-2-1-3-5-13/h6H,1-5H2/b7-6+. The molecule has 0 saturated carbocycles. The Bertz CT molecular complexity index is 191. The van der Waals surface area contributed by atoms with Crippen LogP contribution >= 0.6 is 0 Å². The van der Waals surface area contributed by atoms with Crippen LogP contribution in [-0.4, -0.2) is 24.2 Å². The summed E-state index contributed by atoms with van der Waals surface area (Å²) in [5, 5.41) is 0. The van der Waals surface area contributed by atoms with Crippen LogP contribution in [0.25, 0.3) is 0 Å². The quantitative estimate of drug-likeness (QED) is 0.461. The second kappa shape index (κ2) is 3.98. The molecule has 1 fully saturated rings. The summed E-state index contributed by atoms with van der Waals surface area (Å²) >= 11 is 0. The Hall–Kier alpha value is -0.740. The van der Waals surface area contributed by atoms with E-state index >= 15 is 0 Å². The highest BCUT2D eigenvalue weighted by Crippen LogP contribution is 2.23. The predicted octanol–water partition coefficient (Wildman–Crippen LogP) is 2.85. The minimum Gasteiger partial charge on any atom is -0.349 e. The van der Waals surface area contributed by atoms with E-state index < -0.39 is 12.1 Å². The number of hydrogen-bond acceptors (Lipinski definition) is 1. The van der Waals surface area contributed by atoms with Gasteiger partial charge in [-0.2, -0.15) is 17.6 Å². The Balaban J connectivity index is 2.54. The van der Waals surface area contributed by atoms with Crippen molar-refractivity contribution < 1.29 is 17.6 Å². The van der Waals surface area contributed by atoms with Crippen molar-refractivity contribution in [3.63, 3.8) is 0 Å². The summed E-state index contributed by atoms with van der Waals surface area (Å²) in [5.41, 5.74) is 0. The number of hydrogen-bond donors (Lipinski definition) is 0. The Morgan fingerprint density at radius 1 is 1.08 bits per heavy atom. The molecule has 0 atom stereocenters. The first-order chi connectivity index (χ1) is 5.99. The van der Waals surface area contributed by atoms with Gasteiger partial charge in [-0.25, -0.2) is 0 Å². The highest BCUT2D eigenvalue weighted by molar-refractivity contribution is 4.97. The molecule has 0 bridgehead atoms. The van der Waals surface area contributed by atoms with Crippen molar-refractivity contribution in [1.82, 2.24) is 4.90 Å². The summed E-state index contributed by atoms with van der Waals surface area (Å²) in [7, 11) is 0.